The highest BCUT2D eigenvalue weighted by atomic mass is 15.3. The summed E-state index contributed by atoms with van der Waals surface area (Å²) in [5.74, 6) is 0. The highest BCUT2D eigenvalue weighted by Crippen LogP contribution is 2.09. The number of hydrogen-bond acceptors (Lipinski definition) is 3. The van der Waals surface area contributed by atoms with Crippen LogP contribution >= 0.6 is 0 Å². The van der Waals surface area contributed by atoms with Crippen molar-refractivity contribution in [3.8, 4) is 5.69 Å². The highest BCUT2D eigenvalue weighted by Gasteiger charge is 2.00. The largest absolute Gasteiger partial charge is 0.329 e. The van der Waals surface area contributed by atoms with Crippen LogP contribution in [0.25, 0.3) is 5.69 Å². The predicted molar refractivity (Wildman–Crippen MR) is 68.9 cm³/mol. The van der Waals surface area contributed by atoms with E-state index in [0.29, 0.717) is 12.6 Å². The molecule has 1 heterocycles. The van der Waals surface area contributed by atoms with E-state index in [0.717, 1.165) is 12.2 Å². The molecule has 1 aromatic carbocycles. The van der Waals surface area contributed by atoms with Gasteiger partial charge in [0, 0.05) is 31.5 Å². The fourth-order valence-electron chi connectivity index (χ4n) is 1.61. The number of nitrogens with one attached hydrogen (secondary N) is 1. The van der Waals surface area contributed by atoms with Crippen LogP contribution in [0.1, 0.15) is 12.5 Å². The van der Waals surface area contributed by atoms with Gasteiger partial charge in [0.05, 0.1) is 5.69 Å². The molecule has 2 aromatic rings. The number of nitrogens with zero attached hydrogens (tertiary/aromatic N) is 2. The topological polar surface area (TPSA) is 55.9 Å². The molecule has 0 aliphatic carbocycles. The number of benzene rings is 1. The Morgan fingerprint density at radius 1 is 1.41 bits per heavy atom. The third-order valence-electron chi connectivity index (χ3n) is 2.69. The van der Waals surface area contributed by atoms with Crippen LogP contribution in [0.5, 0.6) is 0 Å². The summed E-state index contributed by atoms with van der Waals surface area (Å²) in [7, 11) is 0. The van der Waals surface area contributed by atoms with Crippen molar-refractivity contribution in [2.75, 3.05) is 6.54 Å². The molecule has 4 heteroatoms. The lowest BCUT2D eigenvalue weighted by molar-refractivity contribution is 0.556. The normalized spacial score (nSPS) is 12.6. The van der Waals surface area contributed by atoms with Gasteiger partial charge in [-0.2, -0.15) is 5.10 Å². The van der Waals surface area contributed by atoms with Gasteiger partial charge in [-0.05, 0) is 30.7 Å². The molecule has 0 amide bonds. The first-order valence-electron chi connectivity index (χ1n) is 5.82. The maximum Gasteiger partial charge on any atom is 0.0648 e. The van der Waals surface area contributed by atoms with E-state index in [1.54, 1.807) is 6.20 Å². The zero-order valence-electron chi connectivity index (χ0n) is 10.0. The maximum atomic E-state index is 5.57. The molecular weight excluding hydrogens is 212 g/mol. The van der Waals surface area contributed by atoms with Crippen LogP contribution in [0.3, 0.4) is 0 Å². The quantitative estimate of drug-likeness (QED) is 0.814. The third kappa shape index (κ3) is 3.15. The summed E-state index contributed by atoms with van der Waals surface area (Å²) in [6, 6.07) is 10.6. The summed E-state index contributed by atoms with van der Waals surface area (Å²) in [4.78, 5) is 0. The Labute approximate surface area is 101 Å². The second-order valence-corrected chi connectivity index (χ2v) is 4.14. The lowest BCUT2D eigenvalue weighted by Gasteiger charge is -2.11. The molecule has 0 saturated heterocycles. The maximum absolute atomic E-state index is 5.57. The van der Waals surface area contributed by atoms with Crippen molar-refractivity contribution in [1.82, 2.24) is 15.1 Å². The lowest BCUT2D eigenvalue weighted by Crippen LogP contribution is -2.32. The molecule has 1 unspecified atom stereocenters. The highest BCUT2D eigenvalue weighted by molar-refractivity contribution is 5.34. The van der Waals surface area contributed by atoms with Crippen LogP contribution in [0, 0.1) is 0 Å². The standard InChI is InChI=1S/C13H18N4/c1-11(9-14)15-10-12-4-2-5-13(8-12)17-7-3-6-16-17/h2-8,11,15H,9-10,14H2,1H3. The van der Waals surface area contributed by atoms with Gasteiger partial charge in [0.15, 0.2) is 0 Å². The Morgan fingerprint density at radius 2 is 2.29 bits per heavy atom. The summed E-state index contributed by atoms with van der Waals surface area (Å²) >= 11 is 0. The van der Waals surface area contributed by atoms with Crippen LogP contribution < -0.4 is 11.1 Å². The molecule has 0 radical (unpaired) electrons. The number of hydrogen-bond donors (Lipinski definition) is 2. The Hall–Kier alpha value is -1.65. The van der Waals surface area contributed by atoms with Crippen LogP contribution in [0.2, 0.25) is 0 Å². The van der Waals surface area contributed by atoms with Crippen LogP contribution in [-0.2, 0) is 6.54 Å². The van der Waals surface area contributed by atoms with Gasteiger partial charge in [0.2, 0.25) is 0 Å². The number of aromatic nitrogens is 2. The van der Waals surface area contributed by atoms with Crippen molar-refractivity contribution in [2.24, 2.45) is 5.73 Å². The summed E-state index contributed by atoms with van der Waals surface area (Å²) in [5, 5.41) is 7.58. The van der Waals surface area contributed by atoms with E-state index in [-0.39, 0.29) is 0 Å². The van der Waals surface area contributed by atoms with E-state index in [9.17, 15) is 0 Å². The molecule has 4 nitrogen and oxygen atoms in total. The van der Waals surface area contributed by atoms with Gasteiger partial charge in [-0.25, -0.2) is 4.68 Å². The van der Waals surface area contributed by atoms with Gasteiger partial charge >= 0.3 is 0 Å². The average molecular weight is 230 g/mol. The van der Waals surface area contributed by atoms with E-state index < -0.39 is 0 Å². The van der Waals surface area contributed by atoms with Gasteiger partial charge in [-0.1, -0.05) is 12.1 Å². The molecule has 0 spiro atoms. The number of nitrogens with two attached hydrogens (primary N) is 1. The molecular formula is C13H18N4. The molecule has 1 atom stereocenters. The van der Waals surface area contributed by atoms with E-state index in [2.05, 4.69) is 29.5 Å². The lowest BCUT2D eigenvalue weighted by atomic mass is 10.2. The molecule has 0 aliphatic rings. The Kier molecular flexibility index (Phi) is 3.90. The Morgan fingerprint density at radius 3 is 3.00 bits per heavy atom. The van der Waals surface area contributed by atoms with E-state index in [4.69, 9.17) is 5.73 Å². The Bertz CT molecular complexity index is 450. The second kappa shape index (κ2) is 5.61. The van der Waals surface area contributed by atoms with Gasteiger partial charge < -0.3 is 11.1 Å². The first kappa shape index (κ1) is 11.8. The van der Waals surface area contributed by atoms with Crippen LogP contribution in [0.4, 0.5) is 0 Å². The molecule has 0 aliphatic heterocycles. The molecule has 17 heavy (non-hydrogen) atoms. The molecule has 0 bridgehead atoms. The summed E-state index contributed by atoms with van der Waals surface area (Å²) in [5.41, 5.74) is 7.88. The molecule has 0 fully saturated rings. The first-order chi connectivity index (χ1) is 8.29. The SMILES string of the molecule is CC(CN)NCc1cccc(-n2cccn2)c1. The van der Waals surface area contributed by atoms with Crippen molar-refractivity contribution in [1.29, 1.82) is 0 Å². The molecule has 2 rings (SSSR count). The Balaban J connectivity index is 2.07. The van der Waals surface area contributed by atoms with Crippen molar-refractivity contribution >= 4 is 0 Å². The minimum Gasteiger partial charge on any atom is -0.329 e. The molecule has 90 valence electrons. The fraction of sp³-hybridized carbons (Fsp3) is 0.308. The minimum absolute atomic E-state index is 0.336. The van der Waals surface area contributed by atoms with Gasteiger partial charge in [-0.15, -0.1) is 0 Å². The predicted octanol–water partition coefficient (Wildman–Crippen LogP) is 1.31. The third-order valence-corrected chi connectivity index (χ3v) is 2.69. The van der Waals surface area contributed by atoms with Gasteiger partial charge in [0.25, 0.3) is 0 Å². The van der Waals surface area contributed by atoms with Gasteiger partial charge in [0.1, 0.15) is 0 Å². The van der Waals surface area contributed by atoms with E-state index in [1.807, 2.05) is 29.1 Å². The van der Waals surface area contributed by atoms with Crippen molar-refractivity contribution in [3.63, 3.8) is 0 Å². The fourth-order valence-corrected chi connectivity index (χ4v) is 1.61. The first-order valence-corrected chi connectivity index (χ1v) is 5.82. The average Bonchev–Trinajstić information content (AvgIpc) is 2.90. The smallest absolute Gasteiger partial charge is 0.0648 e. The summed E-state index contributed by atoms with van der Waals surface area (Å²) in [6.45, 7) is 3.56. The number of rotatable bonds is 5. The molecule has 3 N–H and O–H groups in total. The monoisotopic (exact) mass is 230 g/mol. The molecule has 0 saturated carbocycles. The van der Waals surface area contributed by atoms with Crippen molar-refractivity contribution in [3.05, 3.63) is 48.3 Å². The van der Waals surface area contributed by atoms with Crippen LogP contribution in [0.15, 0.2) is 42.7 Å². The van der Waals surface area contributed by atoms with E-state index in [1.165, 1.54) is 5.56 Å². The van der Waals surface area contributed by atoms with Crippen LogP contribution in [-0.4, -0.2) is 22.4 Å². The molecule has 1 aromatic heterocycles. The second-order valence-electron chi connectivity index (χ2n) is 4.14. The van der Waals surface area contributed by atoms with Crippen molar-refractivity contribution < 1.29 is 0 Å². The minimum atomic E-state index is 0.336. The zero-order chi connectivity index (χ0) is 12.1. The van der Waals surface area contributed by atoms with Gasteiger partial charge in [-0.3, -0.25) is 0 Å². The van der Waals surface area contributed by atoms with Crippen molar-refractivity contribution in [2.45, 2.75) is 19.5 Å². The van der Waals surface area contributed by atoms with E-state index >= 15 is 0 Å². The summed E-state index contributed by atoms with van der Waals surface area (Å²) in [6.07, 6.45) is 3.72. The zero-order valence-corrected chi connectivity index (χ0v) is 10.0. The summed E-state index contributed by atoms with van der Waals surface area (Å²) < 4.78 is 1.86.